The van der Waals surface area contributed by atoms with Gasteiger partial charge in [0.1, 0.15) is 5.69 Å². The van der Waals surface area contributed by atoms with Crippen molar-refractivity contribution >= 4 is 5.91 Å². The van der Waals surface area contributed by atoms with Crippen molar-refractivity contribution in [1.82, 2.24) is 14.8 Å². The highest BCUT2D eigenvalue weighted by molar-refractivity contribution is 5.93. The first kappa shape index (κ1) is 14.1. The van der Waals surface area contributed by atoms with Crippen LogP contribution in [-0.2, 0) is 6.54 Å². The van der Waals surface area contributed by atoms with Crippen LogP contribution in [-0.4, -0.2) is 41.1 Å². The third kappa shape index (κ3) is 3.18. The molecule has 1 aromatic rings. The maximum Gasteiger partial charge on any atom is 0.270 e. The molecule has 1 saturated heterocycles. The molecule has 4 nitrogen and oxygen atoms in total. The highest BCUT2D eigenvalue weighted by atomic mass is 16.2. The van der Waals surface area contributed by atoms with Crippen LogP contribution >= 0.6 is 0 Å². The van der Waals surface area contributed by atoms with Gasteiger partial charge in [0.2, 0.25) is 0 Å². The largest absolute Gasteiger partial charge is 0.344 e. The van der Waals surface area contributed by atoms with Gasteiger partial charge < -0.3 is 14.8 Å². The van der Waals surface area contributed by atoms with E-state index in [0.717, 1.165) is 51.1 Å². The Morgan fingerprint density at radius 3 is 2.79 bits per heavy atom. The van der Waals surface area contributed by atoms with Crippen molar-refractivity contribution in [3.8, 4) is 0 Å². The van der Waals surface area contributed by atoms with Crippen molar-refractivity contribution < 1.29 is 4.79 Å². The van der Waals surface area contributed by atoms with Gasteiger partial charge in [0.25, 0.3) is 5.91 Å². The Kier molecular flexibility index (Phi) is 5.02. The highest BCUT2D eigenvalue weighted by Crippen LogP contribution is 2.16. The Morgan fingerprint density at radius 2 is 2.16 bits per heavy atom. The summed E-state index contributed by atoms with van der Waals surface area (Å²) in [4.78, 5) is 14.8. The predicted molar refractivity (Wildman–Crippen MR) is 77.3 cm³/mol. The van der Waals surface area contributed by atoms with Crippen LogP contribution in [0.15, 0.2) is 18.3 Å². The summed E-state index contributed by atoms with van der Waals surface area (Å²) in [6, 6.07) is 4.30. The van der Waals surface area contributed by atoms with Gasteiger partial charge >= 0.3 is 0 Å². The average Bonchev–Trinajstić information content (AvgIpc) is 2.93. The maximum atomic E-state index is 12.8. The lowest BCUT2D eigenvalue weighted by Gasteiger charge is -2.34. The second-order valence-corrected chi connectivity index (χ2v) is 5.16. The van der Waals surface area contributed by atoms with Gasteiger partial charge in [0, 0.05) is 25.3 Å². The Labute approximate surface area is 115 Å². The van der Waals surface area contributed by atoms with Crippen LogP contribution in [0, 0.1) is 0 Å². The van der Waals surface area contributed by atoms with Crippen LogP contribution in [0.5, 0.6) is 0 Å². The molecule has 1 aromatic heterocycles. The lowest BCUT2D eigenvalue weighted by Crippen LogP contribution is -2.46. The summed E-state index contributed by atoms with van der Waals surface area (Å²) >= 11 is 0. The predicted octanol–water partition coefficient (Wildman–Crippen LogP) is 2.11. The zero-order valence-electron chi connectivity index (χ0n) is 12.1. The summed E-state index contributed by atoms with van der Waals surface area (Å²) in [6.07, 6.45) is 5.14. The molecule has 19 heavy (non-hydrogen) atoms. The Morgan fingerprint density at radius 1 is 1.42 bits per heavy atom. The Hall–Kier alpha value is -1.29. The standard InChI is InChI=1S/C15H25N3O/c1-3-11-18(13-7-9-16-10-8-13)15(19)14-6-5-12-17(14)4-2/h5-6,12-13,16H,3-4,7-11H2,1-2H3. The molecule has 0 unspecified atom stereocenters. The van der Waals surface area contributed by atoms with E-state index in [1.54, 1.807) is 0 Å². The van der Waals surface area contributed by atoms with E-state index in [-0.39, 0.29) is 5.91 Å². The first-order chi connectivity index (χ1) is 9.27. The van der Waals surface area contributed by atoms with Gasteiger partial charge in [-0.3, -0.25) is 4.79 Å². The van der Waals surface area contributed by atoms with Crippen molar-refractivity contribution in [3.63, 3.8) is 0 Å². The van der Waals surface area contributed by atoms with E-state index in [1.165, 1.54) is 0 Å². The second-order valence-electron chi connectivity index (χ2n) is 5.16. The fourth-order valence-electron chi connectivity index (χ4n) is 2.84. The first-order valence-corrected chi connectivity index (χ1v) is 7.44. The van der Waals surface area contributed by atoms with Gasteiger partial charge in [0.15, 0.2) is 0 Å². The van der Waals surface area contributed by atoms with Crippen molar-refractivity contribution in [2.24, 2.45) is 0 Å². The van der Waals surface area contributed by atoms with E-state index in [0.29, 0.717) is 6.04 Å². The number of carbonyl (C=O) groups excluding carboxylic acids is 1. The molecule has 0 aromatic carbocycles. The minimum atomic E-state index is 0.195. The average molecular weight is 263 g/mol. The quantitative estimate of drug-likeness (QED) is 0.883. The molecule has 1 amide bonds. The van der Waals surface area contributed by atoms with Crippen LogP contribution in [0.4, 0.5) is 0 Å². The van der Waals surface area contributed by atoms with Crippen molar-refractivity contribution in [1.29, 1.82) is 0 Å². The third-order valence-electron chi connectivity index (χ3n) is 3.86. The first-order valence-electron chi connectivity index (χ1n) is 7.44. The number of carbonyl (C=O) groups is 1. The number of aryl methyl sites for hydroxylation is 1. The Balaban J connectivity index is 2.15. The van der Waals surface area contributed by atoms with Gasteiger partial charge in [-0.1, -0.05) is 6.92 Å². The molecule has 0 bridgehead atoms. The van der Waals surface area contributed by atoms with E-state index in [9.17, 15) is 4.79 Å². The molecule has 1 aliphatic heterocycles. The number of amides is 1. The molecular weight excluding hydrogens is 238 g/mol. The summed E-state index contributed by atoms with van der Waals surface area (Å²) in [7, 11) is 0. The van der Waals surface area contributed by atoms with Gasteiger partial charge in [-0.05, 0) is 51.4 Å². The Bertz CT molecular complexity index is 407. The van der Waals surface area contributed by atoms with E-state index < -0.39 is 0 Å². The van der Waals surface area contributed by atoms with Crippen molar-refractivity contribution in [3.05, 3.63) is 24.0 Å². The third-order valence-corrected chi connectivity index (χ3v) is 3.86. The van der Waals surface area contributed by atoms with E-state index in [2.05, 4.69) is 24.1 Å². The molecule has 2 heterocycles. The SMILES string of the molecule is CCCN(C(=O)c1cccn1CC)C1CCNCC1. The number of piperidine rings is 1. The summed E-state index contributed by atoms with van der Waals surface area (Å²) in [5.41, 5.74) is 0.828. The lowest BCUT2D eigenvalue weighted by molar-refractivity contribution is 0.0631. The van der Waals surface area contributed by atoms with Gasteiger partial charge in [-0.25, -0.2) is 0 Å². The fraction of sp³-hybridized carbons (Fsp3) is 0.667. The summed E-state index contributed by atoms with van der Waals surface area (Å²) in [5.74, 6) is 0.195. The fourth-order valence-corrected chi connectivity index (χ4v) is 2.84. The number of hydrogen-bond donors (Lipinski definition) is 1. The molecule has 1 N–H and O–H groups in total. The second kappa shape index (κ2) is 6.75. The number of nitrogens with zero attached hydrogens (tertiary/aromatic N) is 2. The summed E-state index contributed by atoms with van der Waals surface area (Å²) < 4.78 is 2.03. The van der Waals surface area contributed by atoms with Gasteiger partial charge in [-0.2, -0.15) is 0 Å². The smallest absolute Gasteiger partial charge is 0.270 e. The molecule has 4 heteroatoms. The normalized spacial score (nSPS) is 16.5. The minimum Gasteiger partial charge on any atom is -0.344 e. The highest BCUT2D eigenvalue weighted by Gasteiger charge is 2.26. The maximum absolute atomic E-state index is 12.8. The molecule has 2 rings (SSSR count). The molecular formula is C15H25N3O. The summed E-state index contributed by atoms with van der Waals surface area (Å²) in [6.45, 7) is 7.96. The lowest BCUT2D eigenvalue weighted by atomic mass is 10.0. The van der Waals surface area contributed by atoms with E-state index in [1.807, 2.05) is 22.9 Å². The van der Waals surface area contributed by atoms with E-state index >= 15 is 0 Å². The molecule has 1 aliphatic rings. The van der Waals surface area contributed by atoms with Crippen LogP contribution in [0.25, 0.3) is 0 Å². The van der Waals surface area contributed by atoms with Crippen LogP contribution < -0.4 is 5.32 Å². The molecule has 0 radical (unpaired) electrons. The summed E-state index contributed by atoms with van der Waals surface area (Å²) in [5, 5.41) is 3.36. The molecule has 1 fully saturated rings. The van der Waals surface area contributed by atoms with Gasteiger partial charge in [-0.15, -0.1) is 0 Å². The van der Waals surface area contributed by atoms with Crippen LogP contribution in [0.2, 0.25) is 0 Å². The molecule has 0 atom stereocenters. The number of rotatable bonds is 5. The minimum absolute atomic E-state index is 0.195. The number of nitrogens with one attached hydrogen (secondary N) is 1. The zero-order chi connectivity index (χ0) is 13.7. The zero-order valence-corrected chi connectivity index (χ0v) is 12.1. The molecule has 0 saturated carbocycles. The monoisotopic (exact) mass is 263 g/mol. The van der Waals surface area contributed by atoms with Crippen molar-refractivity contribution in [2.75, 3.05) is 19.6 Å². The van der Waals surface area contributed by atoms with Crippen molar-refractivity contribution in [2.45, 2.75) is 45.7 Å². The molecule has 0 spiro atoms. The van der Waals surface area contributed by atoms with Crippen LogP contribution in [0.3, 0.4) is 0 Å². The number of hydrogen-bond acceptors (Lipinski definition) is 2. The molecule has 0 aliphatic carbocycles. The van der Waals surface area contributed by atoms with Crippen LogP contribution in [0.1, 0.15) is 43.6 Å². The number of aromatic nitrogens is 1. The topological polar surface area (TPSA) is 37.3 Å². The van der Waals surface area contributed by atoms with E-state index in [4.69, 9.17) is 0 Å². The molecule has 106 valence electrons. The van der Waals surface area contributed by atoms with Gasteiger partial charge in [0.05, 0.1) is 0 Å².